The van der Waals surface area contributed by atoms with Crippen LogP contribution in [0.2, 0.25) is 0 Å². The molecule has 1 amide bonds. The molecule has 0 spiro atoms. The first-order chi connectivity index (χ1) is 11.5. The van der Waals surface area contributed by atoms with Gasteiger partial charge in [-0.15, -0.1) is 0 Å². The number of aliphatic hydroxyl groups is 1. The average molecular weight is 327 g/mol. The number of hydrogen-bond donors (Lipinski definition) is 2. The van der Waals surface area contributed by atoms with Crippen molar-refractivity contribution >= 4 is 5.91 Å². The SMILES string of the molecule is Cc1cccc(CCC(=O)NCC(O)COc2cccc(C)c2)c1. The molecule has 0 fully saturated rings. The van der Waals surface area contributed by atoms with Crippen LogP contribution in [0.5, 0.6) is 5.75 Å². The van der Waals surface area contributed by atoms with Crippen LogP contribution in [0, 0.1) is 13.8 Å². The van der Waals surface area contributed by atoms with Crippen LogP contribution in [0.1, 0.15) is 23.1 Å². The Kier molecular flexibility index (Phi) is 6.82. The Bertz CT molecular complexity index is 669. The lowest BCUT2D eigenvalue weighted by Crippen LogP contribution is -2.35. The normalized spacial score (nSPS) is 11.8. The summed E-state index contributed by atoms with van der Waals surface area (Å²) in [5, 5.41) is 12.7. The van der Waals surface area contributed by atoms with Gasteiger partial charge < -0.3 is 15.2 Å². The second-order valence-electron chi connectivity index (χ2n) is 6.07. The molecule has 1 atom stereocenters. The molecule has 2 aromatic carbocycles. The summed E-state index contributed by atoms with van der Waals surface area (Å²) in [6.45, 7) is 4.37. The smallest absolute Gasteiger partial charge is 0.220 e. The molecule has 0 saturated carbocycles. The van der Waals surface area contributed by atoms with Crippen molar-refractivity contribution in [2.24, 2.45) is 0 Å². The van der Waals surface area contributed by atoms with Crippen molar-refractivity contribution in [2.75, 3.05) is 13.2 Å². The lowest BCUT2D eigenvalue weighted by molar-refractivity contribution is -0.121. The molecule has 4 heteroatoms. The Hall–Kier alpha value is -2.33. The predicted molar refractivity (Wildman–Crippen MR) is 95.2 cm³/mol. The third-order valence-corrected chi connectivity index (χ3v) is 3.69. The molecule has 128 valence electrons. The third kappa shape index (κ3) is 6.42. The fourth-order valence-corrected chi connectivity index (χ4v) is 2.40. The van der Waals surface area contributed by atoms with E-state index in [1.165, 1.54) is 5.56 Å². The summed E-state index contributed by atoms with van der Waals surface area (Å²) < 4.78 is 5.52. The minimum absolute atomic E-state index is 0.0638. The average Bonchev–Trinajstić information content (AvgIpc) is 2.56. The summed E-state index contributed by atoms with van der Waals surface area (Å²) in [6, 6.07) is 15.8. The van der Waals surface area contributed by atoms with Crippen molar-refractivity contribution in [3.8, 4) is 5.75 Å². The number of nitrogens with one attached hydrogen (secondary N) is 1. The quantitative estimate of drug-likeness (QED) is 0.784. The summed E-state index contributed by atoms with van der Waals surface area (Å²) in [6.07, 6.45) is 0.381. The van der Waals surface area contributed by atoms with E-state index in [2.05, 4.69) is 11.4 Å². The molecule has 4 nitrogen and oxygen atoms in total. The number of carbonyl (C=O) groups is 1. The van der Waals surface area contributed by atoms with E-state index in [1.807, 2.05) is 56.3 Å². The molecule has 0 saturated heterocycles. The number of hydrogen-bond acceptors (Lipinski definition) is 3. The molecule has 1 unspecified atom stereocenters. The molecule has 0 bridgehead atoms. The highest BCUT2D eigenvalue weighted by atomic mass is 16.5. The maximum Gasteiger partial charge on any atom is 0.220 e. The van der Waals surface area contributed by atoms with Crippen LogP contribution < -0.4 is 10.1 Å². The lowest BCUT2D eigenvalue weighted by Gasteiger charge is -2.13. The minimum Gasteiger partial charge on any atom is -0.491 e. The molecule has 24 heavy (non-hydrogen) atoms. The number of aryl methyl sites for hydroxylation is 3. The van der Waals surface area contributed by atoms with Crippen LogP contribution in [-0.4, -0.2) is 30.3 Å². The van der Waals surface area contributed by atoms with E-state index in [-0.39, 0.29) is 19.1 Å². The minimum atomic E-state index is -0.728. The summed E-state index contributed by atoms with van der Waals surface area (Å²) in [4.78, 5) is 11.9. The lowest BCUT2D eigenvalue weighted by atomic mass is 10.1. The van der Waals surface area contributed by atoms with Crippen LogP contribution in [0.15, 0.2) is 48.5 Å². The first kappa shape index (κ1) is 18.0. The Morgan fingerprint density at radius 2 is 1.83 bits per heavy atom. The van der Waals surface area contributed by atoms with Gasteiger partial charge in [-0.25, -0.2) is 0 Å². The summed E-state index contributed by atoms with van der Waals surface area (Å²) in [7, 11) is 0. The van der Waals surface area contributed by atoms with Crippen LogP contribution in [0.4, 0.5) is 0 Å². The largest absolute Gasteiger partial charge is 0.491 e. The molecule has 0 aliphatic rings. The van der Waals surface area contributed by atoms with E-state index >= 15 is 0 Å². The van der Waals surface area contributed by atoms with Crippen LogP contribution in [0.25, 0.3) is 0 Å². The van der Waals surface area contributed by atoms with E-state index < -0.39 is 6.10 Å². The van der Waals surface area contributed by atoms with Gasteiger partial charge >= 0.3 is 0 Å². The van der Waals surface area contributed by atoms with Gasteiger partial charge in [-0.3, -0.25) is 4.79 Å². The van der Waals surface area contributed by atoms with E-state index in [0.29, 0.717) is 12.8 Å². The van der Waals surface area contributed by atoms with Crippen molar-refractivity contribution < 1.29 is 14.6 Å². The molecule has 2 aromatic rings. The van der Waals surface area contributed by atoms with Gasteiger partial charge in [-0.05, 0) is 43.5 Å². The van der Waals surface area contributed by atoms with E-state index in [1.54, 1.807) is 0 Å². The monoisotopic (exact) mass is 327 g/mol. The molecule has 0 heterocycles. The fraction of sp³-hybridized carbons (Fsp3) is 0.350. The molecule has 0 aliphatic heterocycles. The van der Waals surface area contributed by atoms with Gasteiger partial charge in [-0.2, -0.15) is 0 Å². The van der Waals surface area contributed by atoms with Crippen molar-refractivity contribution in [3.63, 3.8) is 0 Å². The predicted octanol–water partition coefficient (Wildman–Crippen LogP) is 2.79. The van der Waals surface area contributed by atoms with Crippen LogP contribution in [-0.2, 0) is 11.2 Å². The summed E-state index contributed by atoms with van der Waals surface area (Å²) in [5.41, 5.74) is 3.44. The third-order valence-electron chi connectivity index (χ3n) is 3.69. The maximum atomic E-state index is 11.9. The number of benzene rings is 2. The summed E-state index contributed by atoms with van der Waals surface area (Å²) in [5.74, 6) is 0.658. The van der Waals surface area contributed by atoms with Crippen molar-refractivity contribution in [1.82, 2.24) is 5.32 Å². The molecule has 0 radical (unpaired) electrons. The van der Waals surface area contributed by atoms with E-state index in [9.17, 15) is 9.90 Å². The van der Waals surface area contributed by atoms with Gasteiger partial charge in [0, 0.05) is 13.0 Å². The summed E-state index contributed by atoms with van der Waals surface area (Å²) >= 11 is 0. The van der Waals surface area contributed by atoms with E-state index in [4.69, 9.17) is 4.74 Å². The zero-order valence-corrected chi connectivity index (χ0v) is 14.3. The Morgan fingerprint density at radius 3 is 2.54 bits per heavy atom. The number of rotatable bonds is 8. The Morgan fingerprint density at radius 1 is 1.12 bits per heavy atom. The zero-order chi connectivity index (χ0) is 17.4. The molecule has 0 aliphatic carbocycles. The van der Waals surface area contributed by atoms with Gasteiger partial charge in [0.15, 0.2) is 0 Å². The van der Waals surface area contributed by atoms with Gasteiger partial charge in [0.05, 0.1) is 0 Å². The first-order valence-electron chi connectivity index (χ1n) is 8.23. The maximum absolute atomic E-state index is 11.9. The molecule has 2 N–H and O–H groups in total. The molecular formula is C20H25NO3. The Labute approximate surface area is 143 Å². The second kappa shape index (κ2) is 9.08. The number of carbonyl (C=O) groups excluding carboxylic acids is 1. The number of amides is 1. The standard InChI is InChI=1S/C20H25NO3/c1-15-5-3-7-17(11-15)9-10-20(23)21-13-18(22)14-24-19-8-4-6-16(2)12-19/h3-8,11-12,18,22H,9-10,13-14H2,1-2H3,(H,21,23). The van der Waals surface area contributed by atoms with Gasteiger partial charge in [0.2, 0.25) is 5.91 Å². The topological polar surface area (TPSA) is 58.6 Å². The van der Waals surface area contributed by atoms with Gasteiger partial charge in [0.25, 0.3) is 0 Å². The van der Waals surface area contributed by atoms with Crippen molar-refractivity contribution in [1.29, 1.82) is 0 Å². The van der Waals surface area contributed by atoms with Crippen molar-refractivity contribution in [3.05, 3.63) is 65.2 Å². The van der Waals surface area contributed by atoms with Crippen molar-refractivity contribution in [2.45, 2.75) is 32.8 Å². The first-order valence-corrected chi connectivity index (χ1v) is 8.23. The highest BCUT2D eigenvalue weighted by molar-refractivity contribution is 5.76. The van der Waals surface area contributed by atoms with E-state index in [0.717, 1.165) is 16.9 Å². The van der Waals surface area contributed by atoms with Crippen LogP contribution >= 0.6 is 0 Å². The van der Waals surface area contributed by atoms with Gasteiger partial charge in [-0.1, -0.05) is 42.0 Å². The van der Waals surface area contributed by atoms with Crippen LogP contribution in [0.3, 0.4) is 0 Å². The second-order valence-corrected chi connectivity index (χ2v) is 6.07. The Balaban J connectivity index is 1.65. The fourth-order valence-electron chi connectivity index (χ4n) is 2.40. The molecular weight excluding hydrogens is 302 g/mol. The molecule has 2 rings (SSSR count). The highest BCUT2D eigenvalue weighted by Crippen LogP contribution is 2.12. The highest BCUT2D eigenvalue weighted by Gasteiger charge is 2.08. The number of aliphatic hydroxyl groups excluding tert-OH is 1. The zero-order valence-electron chi connectivity index (χ0n) is 14.3. The van der Waals surface area contributed by atoms with Gasteiger partial charge in [0.1, 0.15) is 18.5 Å². The number of ether oxygens (including phenoxy) is 1. The molecule has 0 aromatic heterocycles.